The Kier molecular flexibility index (Phi) is 5.34. The number of aromatic nitrogens is 4. The minimum Gasteiger partial charge on any atom is -0.366 e. The summed E-state index contributed by atoms with van der Waals surface area (Å²) in [7, 11) is -1.88. The minimum atomic E-state index is -3.81. The lowest BCUT2D eigenvalue weighted by Gasteiger charge is -2.12. The molecular formula is C21H23N7O2S. The molecule has 160 valence electrons. The van der Waals surface area contributed by atoms with Gasteiger partial charge in [0.2, 0.25) is 16.0 Å². The van der Waals surface area contributed by atoms with Gasteiger partial charge < -0.3 is 10.6 Å². The van der Waals surface area contributed by atoms with Crippen molar-refractivity contribution < 1.29 is 8.42 Å². The SMILES string of the molecule is Cc1c(Nc2nccc(NCc3ccc4c(C)n(C)nc4c3)n2)cccc1S(N)(=O)=O. The van der Waals surface area contributed by atoms with Gasteiger partial charge in [0, 0.05) is 36.6 Å². The van der Waals surface area contributed by atoms with E-state index in [1.165, 1.54) is 6.07 Å². The average molecular weight is 438 g/mol. The lowest BCUT2D eigenvalue weighted by molar-refractivity contribution is 0.597. The number of hydrogen-bond donors (Lipinski definition) is 3. The molecule has 0 aliphatic carbocycles. The lowest BCUT2D eigenvalue weighted by Crippen LogP contribution is -2.14. The van der Waals surface area contributed by atoms with Crippen LogP contribution in [0.3, 0.4) is 0 Å². The molecule has 0 aliphatic rings. The zero-order chi connectivity index (χ0) is 22.2. The highest BCUT2D eigenvalue weighted by molar-refractivity contribution is 7.89. The Morgan fingerprint density at radius 2 is 1.94 bits per heavy atom. The minimum absolute atomic E-state index is 0.0620. The first-order valence-corrected chi connectivity index (χ1v) is 11.2. The van der Waals surface area contributed by atoms with Crippen LogP contribution in [0.4, 0.5) is 17.5 Å². The summed E-state index contributed by atoms with van der Waals surface area (Å²) in [5, 5.41) is 17.3. The number of rotatable bonds is 6. The monoisotopic (exact) mass is 437 g/mol. The molecule has 9 nitrogen and oxygen atoms in total. The number of nitrogens with one attached hydrogen (secondary N) is 2. The zero-order valence-electron chi connectivity index (χ0n) is 17.4. The van der Waals surface area contributed by atoms with Crippen LogP contribution in [0, 0.1) is 13.8 Å². The number of nitrogens with zero attached hydrogens (tertiary/aromatic N) is 4. The summed E-state index contributed by atoms with van der Waals surface area (Å²) in [5.41, 5.74) is 4.23. The third-order valence-electron chi connectivity index (χ3n) is 5.16. The maximum atomic E-state index is 11.7. The summed E-state index contributed by atoms with van der Waals surface area (Å²) < 4.78 is 25.3. The largest absolute Gasteiger partial charge is 0.366 e. The Labute approximate surface area is 180 Å². The van der Waals surface area contributed by atoms with Crippen LogP contribution in [-0.2, 0) is 23.6 Å². The second-order valence-electron chi connectivity index (χ2n) is 7.28. The molecule has 0 bridgehead atoms. The van der Waals surface area contributed by atoms with Gasteiger partial charge in [-0.25, -0.2) is 18.5 Å². The molecule has 0 saturated heterocycles. The van der Waals surface area contributed by atoms with Crippen LogP contribution in [0.25, 0.3) is 10.9 Å². The highest BCUT2D eigenvalue weighted by atomic mass is 32.2. The van der Waals surface area contributed by atoms with Gasteiger partial charge in [-0.3, -0.25) is 4.68 Å². The van der Waals surface area contributed by atoms with E-state index >= 15 is 0 Å². The van der Waals surface area contributed by atoms with Gasteiger partial charge in [-0.15, -0.1) is 0 Å². The number of benzene rings is 2. The van der Waals surface area contributed by atoms with E-state index in [1.807, 2.05) is 18.7 Å². The van der Waals surface area contributed by atoms with Crippen molar-refractivity contribution in [3.63, 3.8) is 0 Å². The van der Waals surface area contributed by atoms with Gasteiger partial charge in [-0.2, -0.15) is 10.1 Å². The Bertz CT molecular complexity index is 1380. The van der Waals surface area contributed by atoms with E-state index in [1.54, 1.807) is 31.3 Å². The van der Waals surface area contributed by atoms with E-state index in [0.717, 1.165) is 22.2 Å². The second-order valence-corrected chi connectivity index (χ2v) is 8.81. The maximum absolute atomic E-state index is 11.7. The fourth-order valence-electron chi connectivity index (χ4n) is 3.38. The van der Waals surface area contributed by atoms with Gasteiger partial charge in [0.1, 0.15) is 5.82 Å². The predicted molar refractivity (Wildman–Crippen MR) is 121 cm³/mol. The summed E-state index contributed by atoms with van der Waals surface area (Å²) in [6, 6.07) is 12.8. The number of hydrogen-bond acceptors (Lipinski definition) is 7. The molecule has 4 aromatic rings. The molecule has 2 aromatic heterocycles. The Hall–Kier alpha value is -3.50. The van der Waals surface area contributed by atoms with Gasteiger partial charge in [0.05, 0.1) is 10.4 Å². The third kappa shape index (κ3) is 4.35. The summed E-state index contributed by atoms with van der Waals surface area (Å²) in [4.78, 5) is 8.75. The molecule has 2 heterocycles. The van der Waals surface area contributed by atoms with E-state index in [4.69, 9.17) is 5.14 Å². The molecule has 0 amide bonds. The van der Waals surface area contributed by atoms with Crippen molar-refractivity contribution in [3.05, 3.63) is 65.5 Å². The number of anilines is 3. The first-order valence-electron chi connectivity index (χ1n) is 9.61. The fourth-order valence-corrected chi connectivity index (χ4v) is 4.18. The molecule has 0 fully saturated rings. The maximum Gasteiger partial charge on any atom is 0.238 e. The molecule has 0 unspecified atom stereocenters. The van der Waals surface area contributed by atoms with Crippen molar-refractivity contribution in [2.75, 3.05) is 10.6 Å². The normalized spacial score (nSPS) is 11.6. The van der Waals surface area contributed by atoms with Gasteiger partial charge in [0.15, 0.2) is 0 Å². The Morgan fingerprint density at radius 3 is 2.71 bits per heavy atom. The van der Waals surface area contributed by atoms with Crippen LogP contribution < -0.4 is 15.8 Å². The van der Waals surface area contributed by atoms with Gasteiger partial charge in [-0.1, -0.05) is 18.2 Å². The first-order chi connectivity index (χ1) is 14.7. The lowest BCUT2D eigenvalue weighted by atomic mass is 10.1. The van der Waals surface area contributed by atoms with Crippen molar-refractivity contribution in [2.24, 2.45) is 12.2 Å². The van der Waals surface area contributed by atoms with Gasteiger partial charge in [-0.05, 0) is 49.2 Å². The van der Waals surface area contributed by atoms with Crippen LogP contribution >= 0.6 is 0 Å². The zero-order valence-corrected chi connectivity index (χ0v) is 18.2. The van der Waals surface area contributed by atoms with Crippen LogP contribution in [0.5, 0.6) is 0 Å². The Morgan fingerprint density at radius 1 is 1.13 bits per heavy atom. The van der Waals surface area contributed by atoms with Crippen LogP contribution in [0.1, 0.15) is 16.8 Å². The molecule has 0 spiro atoms. The highest BCUT2D eigenvalue weighted by Crippen LogP contribution is 2.24. The molecule has 31 heavy (non-hydrogen) atoms. The van der Waals surface area contributed by atoms with Crippen molar-refractivity contribution in [1.82, 2.24) is 19.7 Å². The van der Waals surface area contributed by atoms with Crippen molar-refractivity contribution in [1.29, 1.82) is 0 Å². The number of fused-ring (bicyclic) bond motifs is 1. The molecule has 4 N–H and O–H groups in total. The van der Waals surface area contributed by atoms with E-state index in [0.29, 0.717) is 29.6 Å². The summed E-state index contributed by atoms with van der Waals surface area (Å²) in [6.45, 7) is 4.30. The molecule has 0 atom stereocenters. The number of sulfonamides is 1. The fraction of sp³-hybridized carbons (Fsp3) is 0.190. The van der Waals surface area contributed by atoms with Gasteiger partial charge in [0.25, 0.3) is 0 Å². The predicted octanol–water partition coefficient (Wildman–Crippen LogP) is 2.98. The number of primary sulfonamides is 1. The van der Waals surface area contributed by atoms with Crippen molar-refractivity contribution in [2.45, 2.75) is 25.3 Å². The molecule has 0 aliphatic heterocycles. The molecular weight excluding hydrogens is 414 g/mol. The molecule has 4 rings (SSSR count). The summed E-state index contributed by atoms with van der Waals surface area (Å²) in [5.74, 6) is 0.977. The molecule has 10 heteroatoms. The average Bonchev–Trinajstić information content (AvgIpc) is 3.00. The molecule has 2 aromatic carbocycles. The van der Waals surface area contributed by atoms with Crippen molar-refractivity contribution >= 4 is 38.4 Å². The topological polar surface area (TPSA) is 128 Å². The van der Waals surface area contributed by atoms with E-state index in [9.17, 15) is 8.42 Å². The Balaban J connectivity index is 1.50. The molecule has 0 radical (unpaired) electrons. The van der Waals surface area contributed by atoms with Crippen molar-refractivity contribution in [3.8, 4) is 0 Å². The smallest absolute Gasteiger partial charge is 0.238 e. The van der Waals surface area contributed by atoms with Crippen LogP contribution in [0.15, 0.2) is 53.6 Å². The van der Waals surface area contributed by atoms with E-state index in [-0.39, 0.29) is 4.90 Å². The van der Waals surface area contributed by atoms with Gasteiger partial charge >= 0.3 is 0 Å². The highest BCUT2D eigenvalue weighted by Gasteiger charge is 2.14. The number of nitrogens with two attached hydrogens (primary N) is 1. The molecule has 0 saturated carbocycles. The first kappa shape index (κ1) is 20.8. The second kappa shape index (κ2) is 7.97. The number of aryl methyl sites for hydroxylation is 2. The van der Waals surface area contributed by atoms with Crippen LogP contribution in [-0.4, -0.2) is 28.2 Å². The quantitative estimate of drug-likeness (QED) is 0.423. The summed E-state index contributed by atoms with van der Waals surface area (Å²) in [6.07, 6.45) is 1.63. The standard InChI is InChI=1S/C21H23N7O2S/c1-13-17(5-4-6-19(13)31(22,29)30)25-21-23-10-9-20(26-21)24-12-15-7-8-16-14(2)28(3)27-18(16)11-15/h4-11H,12H2,1-3H3,(H2,22,29,30)(H2,23,24,25,26). The summed E-state index contributed by atoms with van der Waals surface area (Å²) >= 11 is 0. The third-order valence-corrected chi connectivity index (χ3v) is 6.22. The van der Waals surface area contributed by atoms with Crippen LogP contribution in [0.2, 0.25) is 0 Å². The van der Waals surface area contributed by atoms with E-state index < -0.39 is 10.0 Å². The van der Waals surface area contributed by atoms with E-state index in [2.05, 4.69) is 43.9 Å².